The van der Waals surface area contributed by atoms with Crippen LogP contribution in [-0.4, -0.2) is 12.5 Å². The van der Waals surface area contributed by atoms with Gasteiger partial charge in [0.05, 0.1) is 0 Å². The van der Waals surface area contributed by atoms with Crippen molar-refractivity contribution < 1.29 is 4.79 Å². The summed E-state index contributed by atoms with van der Waals surface area (Å²) in [6.07, 6.45) is 1.48. The maximum atomic E-state index is 11.8. The third-order valence-electron chi connectivity index (χ3n) is 2.81. The molecule has 20 heavy (non-hydrogen) atoms. The summed E-state index contributed by atoms with van der Waals surface area (Å²) in [5, 5.41) is 14.8. The molecule has 0 aliphatic carbocycles. The monoisotopic (exact) mass is 271 g/mol. The van der Waals surface area contributed by atoms with Crippen LogP contribution in [0, 0.1) is 17.2 Å². The maximum absolute atomic E-state index is 11.8. The number of rotatable bonds is 6. The van der Waals surface area contributed by atoms with Gasteiger partial charge in [-0.3, -0.25) is 4.79 Å². The Balaban J connectivity index is 2.62. The van der Waals surface area contributed by atoms with E-state index in [1.165, 1.54) is 6.20 Å². The molecule has 1 amide bonds. The molecule has 106 valence electrons. The molecule has 1 aromatic carbocycles. The van der Waals surface area contributed by atoms with Gasteiger partial charge in [-0.2, -0.15) is 5.26 Å². The highest BCUT2D eigenvalue weighted by atomic mass is 16.1. The van der Waals surface area contributed by atoms with E-state index >= 15 is 0 Å². The third-order valence-corrected chi connectivity index (χ3v) is 2.81. The summed E-state index contributed by atoms with van der Waals surface area (Å²) >= 11 is 0. The maximum Gasteiger partial charge on any atom is 0.263 e. The van der Waals surface area contributed by atoms with Crippen LogP contribution in [0.15, 0.2) is 42.1 Å². The van der Waals surface area contributed by atoms with E-state index in [9.17, 15) is 4.79 Å². The van der Waals surface area contributed by atoms with E-state index in [1.54, 1.807) is 0 Å². The number of carbonyl (C=O) groups is 1. The van der Waals surface area contributed by atoms with E-state index in [-0.39, 0.29) is 17.5 Å². The van der Waals surface area contributed by atoms with E-state index < -0.39 is 0 Å². The van der Waals surface area contributed by atoms with Crippen LogP contribution in [0.25, 0.3) is 0 Å². The van der Waals surface area contributed by atoms with Crippen LogP contribution in [0.4, 0.5) is 0 Å². The normalized spacial score (nSPS) is 12.7. The molecule has 1 atom stereocenters. The van der Waals surface area contributed by atoms with Crippen molar-refractivity contribution in [2.24, 2.45) is 5.92 Å². The van der Waals surface area contributed by atoms with Crippen molar-refractivity contribution in [3.05, 3.63) is 47.7 Å². The minimum atomic E-state index is -0.339. The SMILES string of the molecule is CC(C)CNC(=O)/C(C#N)=C\NC(C)c1ccccc1. The lowest BCUT2D eigenvalue weighted by Crippen LogP contribution is -2.29. The summed E-state index contributed by atoms with van der Waals surface area (Å²) in [6, 6.07) is 11.8. The number of nitriles is 1. The number of nitrogens with zero attached hydrogens (tertiary/aromatic N) is 1. The van der Waals surface area contributed by atoms with E-state index in [1.807, 2.05) is 57.2 Å². The molecule has 0 aromatic heterocycles. The number of carbonyl (C=O) groups excluding carboxylic acids is 1. The molecule has 0 spiro atoms. The lowest BCUT2D eigenvalue weighted by molar-refractivity contribution is -0.117. The number of hydrogen-bond acceptors (Lipinski definition) is 3. The van der Waals surface area contributed by atoms with Crippen molar-refractivity contribution in [1.29, 1.82) is 5.26 Å². The smallest absolute Gasteiger partial charge is 0.263 e. The highest BCUT2D eigenvalue weighted by molar-refractivity contribution is 5.97. The van der Waals surface area contributed by atoms with Gasteiger partial charge in [-0.05, 0) is 18.4 Å². The van der Waals surface area contributed by atoms with Gasteiger partial charge < -0.3 is 10.6 Å². The Bertz CT molecular complexity index is 500. The van der Waals surface area contributed by atoms with Gasteiger partial charge in [0.25, 0.3) is 5.91 Å². The Labute approximate surface area is 120 Å². The van der Waals surface area contributed by atoms with Gasteiger partial charge in [-0.15, -0.1) is 0 Å². The molecule has 0 aliphatic heterocycles. The number of nitrogens with one attached hydrogen (secondary N) is 2. The fourth-order valence-electron chi connectivity index (χ4n) is 1.59. The van der Waals surface area contributed by atoms with Crippen LogP contribution in [0.5, 0.6) is 0 Å². The zero-order valence-electron chi connectivity index (χ0n) is 12.2. The van der Waals surface area contributed by atoms with E-state index in [2.05, 4.69) is 10.6 Å². The first kappa shape index (κ1) is 15.8. The molecule has 1 rings (SSSR count). The Hall–Kier alpha value is -2.28. The first-order valence-electron chi connectivity index (χ1n) is 6.74. The van der Waals surface area contributed by atoms with Crippen LogP contribution in [-0.2, 0) is 4.79 Å². The molecule has 0 bridgehead atoms. The van der Waals surface area contributed by atoms with E-state index in [0.29, 0.717) is 12.5 Å². The van der Waals surface area contributed by atoms with Gasteiger partial charge in [-0.25, -0.2) is 0 Å². The predicted octanol–water partition coefficient (Wildman–Crippen LogP) is 2.52. The van der Waals surface area contributed by atoms with Gasteiger partial charge >= 0.3 is 0 Å². The van der Waals surface area contributed by atoms with Crippen molar-refractivity contribution in [3.63, 3.8) is 0 Å². The van der Waals surface area contributed by atoms with Gasteiger partial charge in [0.2, 0.25) is 0 Å². The van der Waals surface area contributed by atoms with Crippen molar-refractivity contribution in [2.75, 3.05) is 6.54 Å². The van der Waals surface area contributed by atoms with Crippen LogP contribution in [0.3, 0.4) is 0 Å². The molecular weight excluding hydrogens is 250 g/mol. The summed E-state index contributed by atoms with van der Waals surface area (Å²) in [4.78, 5) is 11.8. The summed E-state index contributed by atoms with van der Waals surface area (Å²) in [5.74, 6) is 0.0176. The quantitative estimate of drug-likeness (QED) is 0.617. The lowest BCUT2D eigenvalue weighted by atomic mass is 10.1. The molecule has 1 unspecified atom stereocenters. The second-order valence-electron chi connectivity index (χ2n) is 5.07. The summed E-state index contributed by atoms with van der Waals surface area (Å²) in [6.45, 7) is 6.55. The van der Waals surface area contributed by atoms with Gasteiger partial charge in [-0.1, -0.05) is 44.2 Å². The predicted molar refractivity (Wildman–Crippen MR) is 79.5 cm³/mol. The summed E-state index contributed by atoms with van der Waals surface area (Å²) < 4.78 is 0. The molecule has 0 heterocycles. The molecule has 0 fully saturated rings. The van der Waals surface area contributed by atoms with Crippen LogP contribution >= 0.6 is 0 Å². The topological polar surface area (TPSA) is 64.9 Å². The number of benzene rings is 1. The highest BCUT2D eigenvalue weighted by Gasteiger charge is 2.10. The summed E-state index contributed by atoms with van der Waals surface area (Å²) in [5.41, 5.74) is 1.19. The van der Waals surface area contributed by atoms with Crippen molar-refractivity contribution in [2.45, 2.75) is 26.8 Å². The third kappa shape index (κ3) is 5.15. The fraction of sp³-hybridized carbons (Fsp3) is 0.375. The highest BCUT2D eigenvalue weighted by Crippen LogP contribution is 2.11. The zero-order valence-corrected chi connectivity index (χ0v) is 12.2. The average molecular weight is 271 g/mol. The van der Waals surface area contributed by atoms with Crippen LogP contribution < -0.4 is 10.6 Å². The Kier molecular flexibility index (Phi) is 6.31. The Morgan fingerprint density at radius 2 is 1.95 bits per heavy atom. The summed E-state index contributed by atoms with van der Waals surface area (Å²) in [7, 11) is 0. The minimum Gasteiger partial charge on any atom is -0.383 e. The first-order valence-corrected chi connectivity index (χ1v) is 6.74. The standard InChI is InChI=1S/C16H21N3O/c1-12(2)10-19-16(20)15(9-17)11-18-13(3)14-7-5-4-6-8-14/h4-8,11-13,18H,10H2,1-3H3,(H,19,20)/b15-11-. The van der Waals surface area contributed by atoms with Gasteiger partial charge in [0.1, 0.15) is 11.6 Å². The fourth-order valence-corrected chi connectivity index (χ4v) is 1.59. The molecule has 0 saturated carbocycles. The zero-order chi connectivity index (χ0) is 15.0. The molecule has 2 N–H and O–H groups in total. The second-order valence-corrected chi connectivity index (χ2v) is 5.07. The molecule has 4 nitrogen and oxygen atoms in total. The van der Waals surface area contributed by atoms with Gasteiger partial charge in [0, 0.05) is 18.8 Å². The molecule has 0 saturated heterocycles. The average Bonchev–Trinajstić information content (AvgIpc) is 2.46. The van der Waals surface area contributed by atoms with Crippen LogP contribution in [0.1, 0.15) is 32.4 Å². The number of amides is 1. The molecule has 0 aliphatic rings. The van der Waals surface area contributed by atoms with Crippen LogP contribution in [0.2, 0.25) is 0 Å². The van der Waals surface area contributed by atoms with E-state index in [4.69, 9.17) is 5.26 Å². The van der Waals surface area contributed by atoms with Gasteiger partial charge in [0.15, 0.2) is 0 Å². The van der Waals surface area contributed by atoms with Crippen molar-refractivity contribution >= 4 is 5.91 Å². The largest absolute Gasteiger partial charge is 0.383 e. The van der Waals surface area contributed by atoms with Crippen molar-refractivity contribution in [1.82, 2.24) is 10.6 Å². The minimum absolute atomic E-state index is 0.0393. The van der Waals surface area contributed by atoms with Crippen molar-refractivity contribution in [3.8, 4) is 6.07 Å². The Morgan fingerprint density at radius 1 is 1.30 bits per heavy atom. The Morgan fingerprint density at radius 3 is 2.50 bits per heavy atom. The van der Waals surface area contributed by atoms with E-state index in [0.717, 1.165) is 5.56 Å². The number of hydrogen-bond donors (Lipinski definition) is 2. The molecule has 1 aromatic rings. The lowest BCUT2D eigenvalue weighted by Gasteiger charge is -2.12. The molecular formula is C16H21N3O. The molecule has 4 heteroatoms. The first-order chi connectivity index (χ1) is 9.54. The molecule has 0 radical (unpaired) electrons. The second kappa shape index (κ2) is 8.00.